The summed E-state index contributed by atoms with van der Waals surface area (Å²) in [7, 11) is 0. The van der Waals surface area contributed by atoms with E-state index >= 15 is 0 Å². The van der Waals surface area contributed by atoms with Crippen LogP contribution in [-0.2, 0) is 13.0 Å². The van der Waals surface area contributed by atoms with E-state index in [0.29, 0.717) is 0 Å². The Morgan fingerprint density at radius 1 is 1.16 bits per heavy atom. The van der Waals surface area contributed by atoms with E-state index in [4.69, 9.17) is 0 Å². The number of nitrogens with zero attached hydrogens (tertiary/aromatic N) is 4. The van der Waals surface area contributed by atoms with Crippen molar-refractivity contribution in [1.82, 2.24) is 19.7 Å². The molecule has 5 nitrogen and oxygen atoms in total. The molecule has 0 fully saturated rings. The predicted molar refractivity (Wildman–Crippen MR) is 76.1 cm³/mol. The third-order valence-corrected chi connectivity index (χ3v) is 2.88. The molecule has 2 aromatic heterocycles. The number of nitrogens with one attached hydrogen (secondary N) is 1. The van der Waals surface area contributed by atoms with Gasteiger partial charge in [-0.05, 0) is 25.0 Å². The highest BCUT2D eigenvalue weighted by atomic mass is 15.2. The van der Waals surface area contributed by atoms with Gasteiger partial charge in [-0.15, -0.1) is 5.10 Å². The monoisotopic (exact) mass is 259 g/mol. The first-order valence-corrected chi connectivity index (χ1v) is 6.90. The van der Waals surface area contributed by atoms with Crippen molar-refractivity contribution in [2.45, 2.75) is 39.7 Å². The van der Waals surface area contributed by atoms with Crippen molar-refractivity contribution in [1.29, 1.82) is 0 Å². The summed E-state index contributed by atoms with van der Waals surface area (Å²) in [5.74, 6) is 1.88. The van der Waals surface area contributed by atoms with Crippen molar-refractivity contribution in [3.05, 3.63) is 36.0 Å². The molecule has 0 aliphatic rings. The van der Waals surface area contributed by atoms with E-state index in [9.17, 15) is 0 Å². The summed E-state index contributed by atoms with van der Waals surface area (Å²) >= 11 is 0. The lowest BCUT2D eigenvalue weighted by Crippen LogP contribution is -2.07. The summed E-state index contributed by atoms with van der Waals surface area (Å²) in [4.78, 5) is 4.38. The minimum Gasteiger partial charge on any atom is -0.369 e. The van der Waals surface area contributed by atoms with Crippen LogP contribution in [0.5, 0.6) is 0 Å². The summed E-state index contributed by atoms with van der Waals surface area (Å²) in [6, 6.07) is 3.99. The number of hydrogen-bond donors (Lipinski definition) is 1. The minimum atomic E-state index is 0.730. The predicted octanol–water partition coefficient (Wildman–Crippen LogP) is 2.50. The van der Waals surface area contributed by atoms with Gasteiger partial charge in [0.25, 0.3) is 0 Å². The third kappa shape index (κ3) is 3.77. The van der Waals surface area contributed by atoms with Gasteiger partial charge < -0.3 is 9.88 Å². The highest BCUT2D eigenvalue weighted by molar-refractivity contribution is 5.33. The second-order valence-corrected chi connectivity index (χ2v) is 4.55. The average Bonchev–Trinajstić information content (AvgIpc) is 2.86. The molecule has 2 rings (SSSR count). The Labute approximate surface area is 114 Å². The van der Waals surface area contributed by atoms with Gasteiger partial charge in [0.05, 0.1) is 12.1 Å². The van der Waals surface area contributed by atoms with Crippen molar-refractivity contribution < 1.29 is 0 Å². The molecular formula is C14H21N5. The van der Waals surface area contributed by atoms with E-state index in [1.165, 1.54) is 0 Å². The molecule has 2 aromatic rings. The van der Waals surface area contributed by atoms with Gasteiger partial charge in [-0.3, -0.25) is 0 Å². The lowest BCUT2D eigenvalue weighted by molar-refractivity contribution is 0.643. The van der Waals surface area contributed by atoms with Crippen LogP contribution >= 0.6 is 0 Å². The first kappa shape index (κ1) is 13.5. The maximum atomic E-state index is 4.38. The molecule has 0 amide bonds. The van der Waals surface area contributed by atoms with E-state index in [0.717, 1.165) is 49.7 Å². The van der Waals surface area contributed by atoms with Crippen LogP contribution in [0.4, 0.5) is 5.82 Å². The Balaban J connectivity index is 2.00. The fourth-order valence-electron chi connectivity index (χ4n) is 1.92. The quantitative estimate of drug-likeness (QED) is 0.830. The summed E-state index contributed by atoms with van der Waals surface area (Å²) in [5, 5.41) is 11.6. The Morgan fingerprint density at radius 2 is 2.05 bits per heavy atom. The number of rotatable bonds is 7. The largest absolute Gasteiger partial charge is 0.369 e. The van der Waals surface area contributed by atoms with Crippen molar-refractivity contribution in [3.8, 4) is 0 Å². The van der Waals surface area contributed by atoms with Gasteiger partial charge in [0.1, 0.15) is 11.6 Å². The molecule has 0 spiro atoms. The van der Waals surface area contributed by atoms with E-state index in [2.05, 4.69) is 38.9 Å². The summed E-state index contributed by atoms with van der Waals surface area (Å²) < 4.78 is 2.17. The molecule has 19 heavy (non-hydrogen) atoms. The zero-order chi connectivity index (χ0) is 13.5. The summed E-state index contributed by atoms with van der Waals surface area (Å²) in [6.45, 7) is 6.22. The lowest BCUT2D eigenvalue weighted by Gasteiger charge is -2.06. The number of aromatic nitrogens is 4. The van der Waals surface area contributed by atoms with Gasteiger partial charge in [0, 0.05) is 25.5 Å². The SMILES string of the molecule is CCCNc1ccc(Cc2nccn2CCC)nn1. The molecule has 0 bridgehead atoms. The lowest BCUT2D eigenvalue weighted by atomic mass is 10.2. The molecule has 0 aliphatic carbocycles. The molecule has 0 radical (unpaired) electrons. The van der Waals surface area contributed by atoms with Crippen molar-refractivity contribution in [2.75, 3.05) is 11.9 Å². The molecule has 5 heteroatoms. The van der Waals surface area contributed by atoms with Gasteiger partial charge in [0.15, 0.2) is 0 Å². The Morgan fingerprint density at radius 3 is 2.74 bits per heavy atom. The van der Waals surface area contributed by atoms with E-state index in [1.54, 1.807) is 0 Å². The third-order valence-electron chi connectivity index (χ3n) is 2.88. The van der Waals surface area contributed by atoms with Gasteiger partial charge >= 0.3 is 0 Å². The van der Waals surface area contributed by atoms with Crippen LogP contribution < -0.4 is 5.32 Å². The summed E-state index contributed by atoms with van der Waals surface area (Å²) in [5.41, 5.74) is 0.950. The molecule has 0 aliphatic heterocycles. The zero-order valence-corrected chi connectivity index (χ0v) is 11.6. The molecule has 0 saturated carbocycles. The van der Waals surface area contributed by atoms with Crippen LogP contribution in [0, 0.1) is 0 Å². The average molecular weight is 259 g/mol. The standard InChI is InChI=1S/C14H21N5/c1-3-7-15-13-6-5-12(17-18-13)11-14-16-8-10-19(14)9-4-2/h5-6,8,10H,3-4,7,9,11H2,1-2H3,(H,15,18). The van der Waals surface area contributed by atoms with E-state index in [-0.39, 0.29) is 0 Å². The highest BCUT2D eigenvalue weighted by Crippen LogP contribution is 2.08. The van der Waals surface area contributed by atoms with Gasteiger partial charge in [-0.2, -0.15) is 5.10 Å². The number of anilines is 1. The first-order valence-electron chi connectivity index (χ1n) is 6.90. The zero-order valence-electron chi connectivity index (χ0n) is 11.6. The Bertz CT molecular complexity index is 489. The van der Waals surface area contributed by atoms with Crippen molar-refractivity contribution >= 4 is 5.82 Å². The second-order valence-electron chi connectivity index (χ2n) is 4.55. The molecular weight excluding hydrogens is 238 g/mol. The summed E-state index contributed by atoms with van der Waals surface area (Å²) in [6.07, 6.45) is 6.78. The van der Waals surface area contributed by atoms with Gasteiger partial charge in [-0.25, -0.2) is 4.98 Å². The molecule has 102 valence electrons. The van der Waals surface area contributed by atoms with Crippen LogP contribution in [0.2, 0.25) is 0 Å². The second kappa shape index (κ2) is 6.87. The van der Waals surface area contributed by atoms with Crippen LogP contribution in [0.3, 0.4) is 0 Å². The molecule has 0 unspecified atom stereocenters. The molecule has 0 aromatic carbocycles. The first-order chi connectivity index (χ1) is 9.33. The van der Waals surface area contributed by atoms with E-state index in [1.807, 2.05) is 24.5 Å². The molecule has 0 saturated heterocycles. The molecule has 2 heterocycles. The molecule has 0 atom stereocenters. The number of imidazole rings is 1. The van der Waals surface area contributed by atoms with E-state index < -0.39 is 0 Å². The number of aryl methyl sites for hydroxylation is 1. The topological polar surface area (TPSA) is 55.6 Å². The normalized spacial score (nSPS) is 10.6. The minimum absolute atomic E-state index is 0.730. The Hall–Kier alpha value is -1.91. The van der Waals surface area contributed by atoms with Crippen LogP contribution in [-0.4, -0.2) is 26.3 Å². The molecule has 1 N–H and O–H groups in total. The van der Waals surface area contributed by atoms with Crippen molar-refractivity contribution in [2.24, 2.45) is 0 Å². The van der Waals surface area contributed by atoms with Crippen LogP contribution in [0.25, 0.3) is 0 Å². The Kier molecular flexibility index (Phi) is 4.89. The van der Waals surface area contributed by atoms with Crippen LogP contribution in [0.15, 0.2) is 24.5 Å². The highest BCUT2D eigenvalue weighted by Gasteiger charge is 2.05. The fraction of sp³-hybridized carbons (Fsp3) is 0.500. The smallest absolute Gasteiger partial charge is 0.148 e. The van der Waals surface area contributed by atoms with Crippen LogP contribution in [0.1, 0.15) is 38.2 Å². The van der Waals surface area contributed by atoms with Gasteiger partial charge in [0.2, 0.25) is 0 Å². The fourth-order valence-corrected chi connectivity index (χ4v) is 1.92. The van der Waals surface area contributed by atoms with Gasteiger partial charge in [-0.1, -0.05) is 13.8 Å². The maximum Gasteiger partial charge on any atom is 0.148 e. The maximum absolute atomic E-state index is 4.38. The van der Waals surface area contributed by atoms with Crippen molar-refractivity contribution in [3.63, 3.8) is 0 Å². The number of hydrogen-bond acceptors (Lipinski definition) is 4.